The van der Waals surface area contributed by atoms with Crippen molar-refractivity contribution in [1.82, 2.24) is 0 Å². The normalized spacial score (nSPS) is 15.5. The van der Waals surface area contributed by atoms with Crippen LogP contribution in [0.15, 0.2) is 22.7 Å². The van der Waals surface area contributed by atoms with E-state index in [1.54, 1.807) is 0 Å². The van der Waals surface area contributed by atoms with Gasteiger partial charge in [-0.2, -0.15) is 0 Å². The first-order chi connectivity index (χ1) is 4.83. The van der Waals surface area contributed by atoms with Crippen LogP contribution >= 0.6 is 0 Å². The van der Waals surface area contributed by atoms with Crippen LogP contribution in [0.25, 0.3) is 0 Å². The Balaban J connectivity index is 2.33. The summed E-state index contributed by atoms with van der Waals surface area (Å²) in [6, 6.07) is 0. The molecule has 0 aliphatic heterocycles. The van der Waals surface area contributed by atoms with Crippen LogP contribution in [-0.2, 0) is 19.4 Å². The van der Waals surface area contributed by atoms with Gasteiger partial charge in [0.1, 0.15) is 0 Å². The van der Waals surface area contributed by atoms with Crippen molar-refractivity contribution in [3.63, 3.8) is 0 Å². The van der Waals surface area contributed by atoms with Gasteiger partial charge in [0.05, 0.1) is 0 Å². The van der Waals surface area contributed by atoms with E-state index in [1.165, 1.54) is 7.11 Å². The fourth-order valence-electron chi connectivity index (χ4n) is 0.595. The van der Waals surface area contributed by atoms with Crippen molar-refractivity contribution >= 4 is 4.90 Å². The molecule has 0 fully saturated rings. The maximum atomic E-state index is 10.7. The molecule has 0 bridgehead atoms. The van der Waals surface area contributed by atoms with E-state index in [0.29, 0.717) is 14.7 Å². The average molecular weight is 183 g/mol. The molecule has 57 valence electrons. The molecule has 1 aliphatic carbocycles. The number of methoxy groups -OCH3 is 1. The first-order valence-electron chi connectivity index (χ1n) is 2.87. The van der Waals surface area contributed by atoms with E-state index in [4.69, 9.17) is 0 Å². The van der Waals surface area contributed by atoms with Crippen molar-refractivity contribution in [2.75, 3.05) is 7.11 Å². The number of carbonyl (C=O) groups excluding carboxylic acids is 1. The maximum absolute atomic E-state index is 10.7. The second-order valence-corrected chi connectivity index (χ2v) is 3.08. The van der Waals surface area contributed by atoms with Crippen LogP contribution in [0.1, 0.15) is 6.42 Å². The minimum absolute atomic E-state index is 0.189. The molecule has 3 heteroatoms. The van der Waals surface area contributed by atoms with Crippen molar-refractivity contribution in [2.45, 2.75) is 6.42 Å². The molecule has 1 rings (SSSR count). The molecule has 0 atom stereocenters. The number of rotatable bonds is 2. The zero-order valence-corrected chi connectivity index (χ0v) is 6.63. The molecule has 0 saturated heterocycles. The summed E-state index contributed by atoms with van der Waals surface area (Å²) in [6.07, 6.45) is 6.79. The van der Waals surface area contributed by atoms with E-state index in [2.05, 4.69) is 4.74 Å². The molecule has 0 spiro atoms. The Hall–Kier alpha value is -0.544. The monoisotopic (exact) mass is 183 g/mol. The summed E-state index contributed by atoms with van der Waals surface area (Å²) in [5.74, 6) is 0. The van der Waals surface area contributed by atoms with Crippen molar-refractivity contribution in [3.05, 3.63) is 22.7 Å². The molecule has 0 radical (unpaired) electrons. The third-order valence-electron chi connectivity index (χ3n) is 1.04. The summed E-state index contributed by atoms with van der Waals surface area (Å²) >= 11 is 0.701. The van der Waals surface area contributed by atoms with Gasteiger partial charge in [0.2, 0.25) is 0 Å². The third kappa shape index (κ3) is 2.00. The fourth-order valence-corrected chi connectivity index (χ4v) is 1.39. The van der Waals surface area contributed by atoms with E-state index in [-0.39, 0.29) is 4.90 Å². The second-order valence-electron chi connectivity index (χ2n) is 1.72. The summed E-state index contributed by atoms with van der Waals surface area (Å²) in [7, 11) is 1.40. The first kappa shape index (κ1) is 7.56. The summed E-state index contributed by atoms with van der Waals surface area (Å²) in [4.78, 5) is 10.5. The van der Waals surface area contributed by atoms with Crippen molar-refractivity contribution in [2.24, 2.45) is 0 Å². The van der Waals surface area contributed by atoms with E-state index in [9.17, 15) is 4.79 Å². The molecule has 10 heavy (non-hydrogen) atoms. The Morgan fingerprint density at radius 3 is 3.10 bits per heavy atom. The molecule has 0 amide bonds. The molecular formula is C7H8CoO2. The van der Waals surface area contributed by atoms with Crippen LogP contribution in [-0.4, -0.2) is 12.0 Å². The van der Waals surface area contributed by atoms with Crippen LogP contribution in [0, 0.1) is 0 Å². The van der Waals surface area contributed by atoms with Crippen molar-refractivity contribution < 1.29 is 24.2 Å². The van der Waals surface area contributed by atoms with E-state index >= 15 is 0 Å². The Morgan fingerprint density at radius 2 is 2.60 bits per heavy atom. The van der Waals surface area contributed by atoms with Gasteiger partial charge in [-0.25, -0.2) is 0 Å². The molecule has 0 unspecified atom stereocenters. The number of allylic oxidation sites excluding steroid dienone is 4. The molecule has 1 aliphatic rings. The van der Waals surface area contributed by atoms with E-state index < -0.39 is 0 Å². The van der Waals surface area contributed by atoms with E-state index in [0.717, 1.165) is 10.9 Å². The summed E-state index contributed by atoms with van der Waals surface area (Å²) in [5, 5.41) is 0. The van der Waals surface area contributed by atoms with Crippen LogP contribution in [0.5, 0.6) is 0 Å². The standard InChI is InChI=1S/C5H5.C2H3O2.Co/c1-2-4-5-3-1;1-4-2-3;/h1-3H,4H2;1H3;. The van der Waals surface area contributed by atoms with Crippen LogP contribution in [0.4, 0.5) is 4.79 Å². The van der Waals surface area contributed by atoms with Gasteiger partial charge in [-0.3, -0.25) is 0 Å². The van der Waals surface area contributed by atoms with Gasteiger partial charge in [-0.05, 0) is 0 Å². The molecule has 0 saturated carbocycles. The third-order valence-corrected chi connectivity index (χ3v) is 2.18. The van der Waals surface area contributed by atoms with Gasteiger partial charge in [0.15, 0.2) is 0 Å². The number of carbonyl (C=O) groups is 1. The Bertz CT molecular complexity index is 194. The van der Waals surface area contributed by atoms with Gasteiger partial charge < -0.3 is 0 Å². The first-order valence-corrected chi connectivity index (χ1v) is 3.91. The minimum atomic E-state index is -0.189. The predicted molar refractivity (Wildman–Crippen MR) is 34.2 cm³/mol. The molecule has 0 heterocycles. The zero-order chi connectivity index (χ0) is 7.40. The topological polar surface area (TPSA) is 26.3 Å². The number of hydrogen-bond acceptors (Lipinski definition) is 2. The molecular weight excluding hydrogens is 175 g/mol. The van der Waals surface area contributed by atoms with Crippen LogP contribution in [0.3, 0.4) is 0 Å². The van der Waals surface area contributed by atoms with Crippen molar-refractivity contribution in [3.8, 4) is 0 Å². The van der Waals surface area contributed by atoms with Crippen molar-refractivity contribution in [1.29, 1.82) is 0 Å². The molecule has 0 aromatic heterocycles. The van der Waals surface area contributed by atoms with Crippen LogP contribution < -0.4 is 0 Å². The summed E-state index contributed by atoms with van der Waals surface area (Å²) < 4.78 is 5.59. The molecule has 0 N–H and O–H groups in total. The van der Waals surface area contributed by atoms with E-state index in [1.807, 2.05) is 18.2 Å². The quantitative estimate of drug-likeness (QED) is 0.650. The van der Waals surface area contributed by atoms with Gasteiger partial charge in [-0.1, -0.05) is 0 Å². The SMILES string of the molecule is CO[C](=O)[Co][C]1=CC=CC1. The molecule has 0 aromatic carbocycles. The summed E-state index contributed by atoms with van der Waals surface area (Å²) in [6.45, 7) is 0. The van der Waals surface area contributed by atoms with Gasteiger partial charge in [0, 0.05) is 0 Å². The second kappa shape index (κ2) is 3.58. The Morgan fingerprint density at radius 1 is 1.80 bits per heavy atom. The number of ether oxygens (including phenoxy) is 1. The van der Waals surface area contributed by atoms with Gasteiger partial charge >= 0.3 is 65.4 Å². The average Bonchev–Trinajstić information content (AvgIpc) is 2.40. The number of hydrogen-bond donors (Lipinski definition) is 0. The Labute approximate surface area is 65.9 Å². The summed E-state index contributed by atoms with van der Waals surface area (Å²) in [5.41, 5.74) is 0. The predicted octanol–water partition coefficient (Wildman–Crippen LogP) is 1.68. The van der Waals surface area contributed by atoms with Crippen LogP contribution in [0.2, 0.25) is 0 Å². The Kier molecular flexibility index (Phi) is 2.71. The van der Waals surface area contributed by atoms with Gasteiger partial charge in [0.25, 0.3) is 0 Å². The van der Waals surface area contributed by atoms with Gasteiger partial charge in [-0.15, -0.1) is 0 Å². The fraction of sp³-hybridized carbons (Fsp3) is 0.286. The molecule has 0 aromatic rings. The molecule has 2 nitrogen and oxygen atoms in total. The zero-order valence-electron chi connectivity index (χ0n) is 5.59.